The number of amides is 1. The van der Waals surface area contributed by atoms with Crippen molar-refractivity contribution in [3.8, 4) is 0 Å². The lowest BCUT2D eigenvalue weighted by molar-refractivity contribution is -0.384. The molecule has 0 aliphatic heterocycles. The van der Waals surface area contributed by atoms with E-state index in [0.717, 1.165) is 18.2 Å². The number of carbonyl (C=O) groups excluding carboxylic acids is 1. The van der Waals surface area contributed by atoms with Crippen LogP contribution in [0.1, 0.15) is 26.7 Å². The second kappa shape index (κ2) is 8.92. The maximum Gasteiger partial charge on any atom is 0.320 e. The van der Waals surface area contributed by atoms with Gasteiger partial charge in [-0.05, 0) is 12.0 Å². The van der Waals surface area contributed by atoms with Gasteiger partial charge in [0.15, 0.2) is 0 Å². The summed E-state index contributed by atoms with van der Waals surface area (Å²) in [6.07, 6.45) is 0.567. The van der Waals surface area contributed by atoms with Crippen molar-refractivity contribution < 1.29 is 24.0 Å². The number of hydrogen-bond acceptors (Lipinski definition) is 5. The van der Waals surface area contributed by atoms with Crippen LogP contribution < -0.4 is 10.6 Å². The smallest absolute Gasteiger partial charge is 0.320 e. The lowest BCUT2D eigenvalue weighted by Crippen LogP contribution is -2.42. The number of halogens is 1. The van der Waals surface area contributed by atoms with Gasteiger partial charge in [-0.25, -0.2) is 4.39 Å². The number of nitrogens with zero attached hydrogens (tertiary/aromatic N) is 1. The highest BCUT2D eigenvalue weighted by molar-refractivity contribution is 5.91. The van der Waals surface area contributed by atoms with E-state index in [2.05, 4.69) is 10.6 Å². The molecule has 1 aromatic carbocycles. The van der Waals surface area contributed by atoms with Gasteiger partial charge in [-0.1, -0.05) is 20.3 Å². The van der Waals surface area contributed by atoms with E-state index in [1.54, 1.807) is 6.92 Å². The van der Waals surface area contributed by atoms with Crippen LogP contribution in [-0.2, 0) is 9.59 Å². The number of nitro benzene ring substituents is 1. The van der Waals surface area contributed by atoms with E-state index in [1.807, 2.05) is 6.92 Å². The van der Waals surface area contributed by atoms with Gasteiger partial charge in [-0.15, -0.1) is 0 Å². The van der Waals surface area contributed by atoms with Gasteiger partial charge in [0.2, 0.25) is 5.91 Å². The summed E-state index contributed by atoms with van der Waals surface area (Å²) in [6, 6.07) is 2.04. The van der Waals surface area contributed by atoms with Crippen molar-refractivity contribution >= 4 is 23.3 Å². The van der Waals surface area contributed by atoms with Gasteiger partial charge in [-0.2, -0.15) is 0 Å². The molecule has 2 atom stereocenters. The summed E-state index contributed by atoms with van der Waals surface area (Å²) in [5.74, 6) is -2.48. The predicted octanol–water partition coefficient (Wildman–Crippen LogP) is 2.15. The summed E-state index contributed by atoms with van der Waals surface area (Å²) in [5.41, 5.74) is -0.626. The molecular weight excluding hydrogens is 321 g/mol. The largest absolute Gasteiger partial charge is 0.480 e. The number of nitrogens with one attached hydrogen (secondary N) is 2. The molecule has 0 saturated heterocycles. The zero-order chi connectivity index (χ0) is 18.3. The van der Waals surface area contributed by atoms with Gasteiger partial charge < -0.3 is 15.7 Å². The lowest BCUT2D eigenvalue weighted by atomic mass is 9.99. The lowest BCUT2D eigenvalue weighted by Gasteiger charge is -2.20. The number of anilines is 1. The van der Waals surface area contributed by atoms with E-state index >= 15 is 0 Å². The predicted molar refractivity (Wildman–Crippen MR) is 85.2 cm³/mol. The molecule has 9 heteroatoms. The number of hydrogen-bond donors (Lipinski definition) is 3. The highest BCUT2D eigenvalue weighted by Gasteiger charge is 2.22. The third kappa shape index (κ3) is 5.58. The molecule has 0 bridgehead atoms. The van der Waals surface area contributed by atoms with Gasteiger partial charge in [0, 0.05) is 25.1 Å². The van der Waals surface area contributed by atoms with Crippen LogP contribution in [0.2, 0.25) is 0 Å². The Balaban J connectivity index is 2.59. The third-order valence-electron chi connectivity index (χ3n) is 3.63. The van der Waals surface area contributed by atoms with Crippen LogP contribution in [0.25, 0.3) is 0 Å². The molecule has 0 spiro atoms. The Kier molecular flexibility index (Phi) is 7.25. The first-order valence-corrected chi connectivity index (χ1v) is 7.46. The minimum absolute atomic E-state index is 0.0870. The maximum absolute atomic E-state index is 13.6. The summed E-state index contributed by atoms with van der Waals surface area (Å²) in [6.45, 7) is 3.73. The maximum atomic E-state index is 13.6. The van der Waals surface area contributed by atoms with E-state index in [4.69, 9.17) is 5.11 Å². The summed E-state index contributed by atoms with van der Waals surface area (Å²) < 4.78 is 13.6. The molecule has 0 fully saturated rings. The van der Waals surface area contributed by atoms with Crippen LogP contribution in [0, 0.1) is 21.8 Å². The number of aliphatic carboxylic acids is 1. The molecule has 132 valence electrons. The third-order valence-corrected chi connectivity index (χ3v) is 3.63. The van der Waals surface area contributed by atoms with Crippen molar-refractivity contribution in [2.75, 3.05) is 11.9 Å². The fraction of sp³-hybridized carbons (Fsp3) is 0.467. The molecule has 1 amide bonds. The second-order valence-electron chi connectivity index (χ2n) is 5.38. The first-order chi connectivity index (χ1) is 11.3. The first kappa shape index (κ1) is 19.5. The standard InChI is InChI=1S/C15H20FN3O5/c1-3-9(2)14(15(21)22)17-7-6-13(20)18-12-8-10(19(23)24)4-5-11(12)16/h4-5,8-9,14,17H,3,6-7H2,1-2H3,(H,18,20)(H,21,22)/t9-,14-/m0/s1. The molecule has 0 aliphatic rings. The van der Waals surface area contributed by atoms with E-state index in [9.17, 15) is 24.1 Å². The quantitative estimate of drug-likeness (QED) is 0.467. The zero-order valence-electron chi connectivity index (χ0n) is 13.4. The molecule has 1 rings (SSSR count). The molecule has 0 heterocycles. The molecule has 0 aliphatic carbocycles. The van der Waals surface area contributed by atoms with Crippen LogP contribution in [-0.4, -0.2) is 34.5 Å². The summed E-state index contributed by atoms with van der Waals surface area (Å²) in [4.78, 5) is 32.9. The summed E-state index contributed by atoms with van der Waals surface area (Å²) in [7, 11) is 0. The SMILES string of the molecule is CC[C@H](C)[C@H](NCCC(=O)Nc1cc([N+](=O)[O-])ccc1F)C(=O)O. The summed E-state index contributed by atoms with van der Waals surface area (Å²) in [5, 5.41) is 24.8. The zero-order valence-corrected chi connectivity index (χ0v) is 13.4. The van der Waals surface area contributed by atoms with Crippen molar-refractivity contribution in [1.29, 1.82) is 0 Å². The van der Waals surface area contributed by atoms with Gasteiger partial charge in [0.25, 0.3) is 5.69 Å². The molecular formula is C15H20FN3O5. The van der Waals surface area contributed by atoms with Crippen molar-refractivity contribution in [3.05, 3.63) is 34.1 Å². The Morgan fingerprint density at radius 2 is 2.08 bits per heavy atom. The number of carboxylic acids is 1. The van der Waals surface area contributed by atoms with Crippen LogP contribution in [0.4, 0.5) is 15.8 Å². The number of rotatable bonds is 9. The minimum Gasteiger partial charge on any atom is -0.480 e. The second-order valence-corrected chi connectivity index (χ2v) is 5.38. The highest BCUT2D eigenvalue weighted by atomic mass is 19.1. The van der Waals surface area contributed by atoms with E-state index in [-0.39, 0.29) is 30.3 Å². The van der Waals surface area contributed by atoms with Crippen LogP contribution >= 0.6 is 0 Å². The van der Waals surface area contributed by atoms with E-state index in [1.165, 1.54) is 0 Å². The molecule has 0 saturated carbocycles. The Labute approximate surface area is 138 Å². The Hall–Kier alpha value is -2.55. The van der Waals surface area contributed by atoms with Gasteiger partial charge in [0.05, 0.1) is 10.6 Å². The number of carbonyl (C=O) groups is 2. The molecule has 0 unspecified atom stereocenters. The molecule has 0 aromatic heterocycles. The molecule has 24 heavy (non-hydrogen) atoms. The number of benzene rings is 1. The highest BCUT2D eigenvalue weighted by Crippen LogP contribution is 2.21. The van der Waals surface area contributed by atoms with Gasteiger partial charge in [0.1, 0.15) is 11.9 Å². The Morgan fingerprint density at radius 3 is 2.62 bits per heavy atom. The Morgan fingerprint density at radius 1 is 1.42 bits per heavy atom. The van der Waals surface area contributed by atoms with Crippen molar-refractivity contribution in [1.82, 2.24) is 5.32 Å². The van der Waals surface area contributed by atoms with E-state index < -0.39 is 28.7 Å². The van der Waals surface area contributed by atoms with Crippen molar-refractivity contribution in [2.45, 2.75) is 32.7 Å². The molecule has 1 aromatic rings. The average Bonchev–Trinajstić information content (AvgIpc) is 2.52. The van der Waals surface area contributed by atoms with Crippen molar-refractivity contribution in [3.63, 3.8) is 0 Å². The van der Waals surface area contributed by atoms with Gasteiger partial charge >= 0.3 is 5.97 Å². The average molecular weight is 341 g/mol. The number of non-ortho nitro benzene ring substituents is 1. The fourth-order valence-corrected chi connectivity index (χ4v) is 2.04. The van der Waals surface area contributed by atoms with Gasteiger partial charge in [-0.3, -0.25) is 19.7 Å². The molecule has 0 radical (unpaired) electrons. The fourth-order valence-electron chi connectivity index (χ4n) is 2.04. The van der Waals surface area contributed by atoms with E-state index in [0.29, 0.717) is 6.42 Å². The minimum atomic E-state index is -1.01. The van der Waals surface area contributed by atoms with Crippen molar-refractivity contribution in [2.24, 2.45) is 5.92 Å². The normalized spacial score (nSPS) is 13.1. The molecule has 3 N–H and O–H groups in total. The monoisotopic (exact) mass is 341 g/mol. The van der Waals surface area contributed by atoms with Crippen LogP contribution in [0.3, 0.4) is 0 Å². The number of nitro groups is 1. The summed E-state index contributed by atoms with van der Waals surface area (Å²) >= 11 is 0. The topological polar surface area (TPSA) is 122 Å². The number of carboxylic acid groups (broad SMARTS) is 1. The van der Waals surface area contributed by atoms with Crippen LogP contribution in [0.5, 0.6) is 0 Å². The molecule has 8 nitrogen and oxygen atoms in total. The first-order valence-electron chi connectivity index (χ1n) is 7.46. The Bertz CT molecular complexity index is 623. The van der Waals surface area contributed by atoms with Crippen LogP contribution in [0.15, 0.2) is 18.2 Å².